The molecule has 0 aliphatic carbocycles. The number of carbonyl (C=O) groups excluding carboxylic acids is 2. The fourth-order valence-electron chi connectivity index (χ4n) is 3.33. The van der Waals surface area contributed by atoms with Gasteiger partial charge in [0.25, 0.3) is 11.8 Å². The first-order chi connectivity index (χ1) is 13.1. The molecule has 0 atom stereocenters. The zero-order valence-corrected chi connectivity index (χ0v) is 16.1. The number of aryl methyl sites for hydroxylation is 1. The standard InChI is InChI=1S/C22H27N3O2/c1-3-24-11-13-25(14-12-24)22(27)19-10-6-9-18(15-19)21(26)23-16-20-8-5-4-7-17(20)2/h4-10,15H,3,11-14,16H2,1-2H3,(H,23,26). The molecule has 1 aliphatic heterocycles. The molecule has 1 fully saturated rings. The van der Waals surface area contributed by atoms with E-state index in [4.69, 9.17) is 0 Å². The molecule has 2 aromatic carbocycles. The van der Waals surface area contributed by atoms with Crippen molar-refractivity contribution in [2.24, 2.45) is 0 Å². The second-order valence-electron chi connectivity index (χ2n) is 6.92. The van der Waals surface area contributed by atoms with Crippen molar-refractivity contribution < 1.29 is 9.59 Å². The highest BCUT2D eigenvalue weighted by molar-refractivity contribution is 5.99. The number of nitrogens with zero attached hydrogens (tertiary/aromatic N) is 2. The van der Waals surface area contributed by atoms with Crippen LogP contribution in [0.25, 0.3) is 0 Å². The number of hydrogen-bond donors (Lipinski definition) is 1. The van der Waals surface area contributed by atoms with E-state index in [0.29, 0.717) is 17.7 Å². The van der Waals surface area contributed by atoms with Gasteiger partial charge in [0.05, 0.1) is 0 Å². The maximum atomic E-state index is 12.8. The third-order valence-electron chi connectivity index (χ3n) is 5.18. The first-order valence-electron chi connectivity index (χ1n) is 9.53. The van der Waals surface area contributed by atoms with Gasteiger partial charge < -0.3 is 15.1 Å². The Morgan fingerprint density at radius 2 is 1.67 bits per heavy atom. The summed E-state index contributed by atoms with van der Waals surface area (Å²) in [6.07, 6.45) is 0. The molecule has 5 nitrogen and oxygen atoms in total. The smallest absolute Gasteiger partial charge is 0.253 e. The Kier molecular flexibility index (Phi) is 6.24. The maximum Gasteiger partial charge on any atom is 0.253 e. The van der Waals surface area contributed by atoms with Gasteiger partial charge in [-0.25, -0.2) is 0 Å². The summed E-state index contributed by atoms with van der Waals surface area (Å²) in [6, 6.07) is 15.0. The number of benzene rings is 2. The Balaban J connectivity index is 1.63. The summed E-state index contributed by atoms with van der Waals surface area (Å²) in [4.78, 5) is 29.5. The summed E-state index contributed by atoms with van der Waals surface area (Å²) in [6.45, 7) is 8.92. The molecule has 5 heteroatoms. The number of hydrogen-bond acceptors (Lipinski definition) is 3. The topological polar surface area (TPSA) is 52.7 Å². The van der Waals surface area contributed by atoms with Gasteiger partial charge >= 0.3 is 0 Å². The van der Waals surface area contributed by atoms with E-state index in [1.54, 1.807) is 24.3 Å². The Morgan fingerprint density at radius 1 is 0.963 bits per heavy atom. The molecule has 1 heterocycles. The van der Waals surface area contributed by atoms with Gasteiger partial charge in [0.2, 0.25) is 0 Å². The highest BCUT2D eigenvalue weighted by Crippen LogP contribution is 2.12. The molecule has 0 bridgehead atoms. The van der Waals surface area contributed by atoms with Gasteiger partial charge in [-0.1, -0.05) is 37.3 Å². The van der Waals surface area contributed by atoms with Gasteiger partial charge in [0.15, 0.2) is 0 Å². The predicted octanol–water partition coefficient (Wildman–Crippen LogP) is 2.70. The van der Waals surface area contributed by atoms with Gasteiger partial charge in [-0.2, -0.15) is 0 Å². The number of likely N-dealkylation sites (N-methyl/N-ethyl adjacent to an activating group) is 1. The van der Waals surface area contributed by atoms with Crippen molar-refractivity contribution in [1.29, 1.82) is 0 Å². The third-order valence-corrected chi connectivity index (χ3v) is 5.18. The van der Waals surface area contributed by atoms with Crippen molar-refractivity contribution in [1.82, 2.24) is 15.1 Å². The van der Waals surface area contributed by atoms with Crippen LogP contribution in [0.5, 0.6) is 0 Å². The summed E-state index contributed by atoms with van der Waals surface area (Å²) >= 11 is 0. The van der Waals surface area contributed by atoms with Crippen LogP contribution in [0.1, 0.15) is 38.8 Å². The minimum Gasteiger partial charge on any atom is -0.348 e. The Hall–Kier alpha value is -2.66. The molecule has 0 radical (unpaired) electrons. The number of nitrogens with one attached hydrogen (secondary N) is 1. The van der Waals surface area contributed by atoms with Gasteiger partial charge in [-0.3, -0.25) is 9.59 Å². The number of rotatable bonds is 5. The van der Waals surface area contributed by atoms with E-state index < -0.39 is 0 Å². The van der Waals surface area contributed by atoms with Gasteiger partial charge in [0.1, 0.15) is 0 Å². The van der Waals surface area contributed by atoms with Crippen LogP contribution in [0.15, 0.2) is 48.5 Å². The maximum absolute atomic E-state index is 12.8. The second-order valence-corrected chi connectivity index (χ2v) is 6.92. The molecular weight excluding hydrogens is 338 g/mol. The summed E-state index contributed by atoms with van der Waals surface area (Å²) in [7, 11) is 0. The molecule has 0 spiro atoms. The first-order valence-corrected chi connectivity index (χ1v) is 9.53. The molecule has 2 amide bonds. The molecule has 27 heavy (non-hydrogen) atoms. The molecule has 1 saturated heterocycles. The highest BCUT2D eigenvalue weighted by Gasteiger charge is 2.21. The van der Waals surface area contributed by atoms with E-state index in [2.05, 4.69) is 17.1 Å². The van der Waals surface area contributed by atoms with E-state index in [9.17, 15) is 9.59 Å². The lowest BCUT2D eigenvalue weighted by molar-refractivity contribution is 0.0643. The Morgan fingerprint density at radius 3 is 2.37 bits per heavy atom. The minimum atomic E-state index is -0.163. The summed E-state index contributed by atoms with van der Waals surface area (Å²) in [5.74, 6) is -0.164. The van der Waals surface area contributed by atoms with E-state index in [1.807, 2.05) is 36.1 Å². The first kappa shape index (κ1) is 19.1. The second kappa shape index (κ2) is 8.82. The normalized spacial score (nSPS) is 14.8. The molecule has 0 saturated carbocycles. The SMILES string of the molecule is CCN1CCN(C(=O)c2cccc(C(=O)NCc3ccccc3C)c2)CC1. The van der Waals surface area contributed by atoms with Crippen LogP contribution in [0.3, 0.4) is 0 Å². The number of carbonyl (C=O) groups is 2. The molecule has 142 valence electrons. The van der Waals surface area contributed by atoms with E-state index in [1.165, 1.54) is 0 Å². The lowest BCUT2D eigenvalue weighted by atomic mass is 10.1. The van der Waals surface area contributed by atoms with Crippen molar-refractivity contribution in [3.05, 3.63) is 70.8 Å². The fraction of sp³-hybridized carbons (Fsp3) is 0.364. The Bertz CT molecular complexity index is 811. The molecule has 2 aromatic rings. The summed E-state index contributed by atoms with van der Waals surface area (Å²) < 4.78 is 0. The molecule has 1 aliphatic rings. The van der Waals surface area contributed by atoms with Gasteiger partial charge in [-0.05, 0) is 42.8 Å². The average molecular weight is 365 g/mol. The van der Waals surface area contributed by atoms with Crippen molar-refractivity contribution in [3.8, 4) is 0 Å². The average Bonchev–Trinajstić information content (AvgIpc) is 2.72. The molecule has 0 unspecified atom stereocenters. The monoisotopic (exact) mass is 365 g/mol. The highest BCUT2D eigenvalue weighted by atomic mass is 16.2. The van der Waals surface area contributed by atoms with Crippen molar-refractivity contribution in [2.75, 3.05) is 32.7 Å². The van der Waals surface area contributed by atoms with Crippen molar-refractivity contribution in [3.63, 3.8) is 0 Å². The zero-order valence-electron chi connectivity index (χ0n) is 16.1. The van der Waals surface area contributed by atoms with E-state index >= 15 is 0 Å². The number of piperazine rings is 1. The number of amides is 2. The fourth-order valence-corrected chi connectivity index (χ4v) is 3.33. The van der Waals surface area contributed by atoms with Crippen molar-refractivity contribution >= 4 is 11.8 Å². The van der Waals surface area contributed by atoms with Crippen LogP contribution in [0.4, 0.5) is 0 Å². The van der Waals surface area contributed by atoms with E-state index in [-0.39, 0.29) is 11.8 Å². The molecule has 1 N–H and O–H groups in total. The third kappa shape index (κ3) is 4.74. The van der Waals surface area contributed by atoms with Crippen LogP contribution >= 0.6 is 0 Å². The van der Waals surface area contributed by atoms with Gasteiger partial charge in [0, 0.05) is 43.9 Å². The zero-order chi connectivity index (χ0) is 19.2. The summed E-state index contributed by atoms with van der Waals surface area (Å²) in [5.41, 5.74) is 3.32. The van der Waals surface area contributed by atoms with Crippen molar-refractivity contribution in [2.45, 2.75) is 20.4 Å². The summed E-state index contributed by atoms with van der Waals surface area (Å²) in [5, 5.41) is 2.94. The molecular formula is C22H27N3O2. The van der Waals surface area contributed by atoms with Gasteiger partial charge in [-0.15, -0.1) is 0 Å². The lowest BCUT2D eigenvalue weighted by Gasteiger charge is -2.34. The quantitative estimate of drug-likeness (QED) is 0.886. The lowest BCUT2D eigenvalue weighted by Crippen LogP contribution is -2.48. The predicted molar refractivity (Wildman–Crippen MR) is 107 cm³/mol. The van der Waals surface area contributed by atoms with Crippen LogP contribution in [-0.4, -0.2) is 54.3 Å². The molecule has 0 aromatic heterocycles. The van der Waals surface area contributed by atoms with Crippen LogP contribution < -0.4 is 5.32 Å². The van der Waals surface area contributed by atoms with Crippen LogP contribution in [0.2, 0.25) is 0 Å². The Labute approximate surface area is 161 Å². The minimum absolute atomic E-state index is 0.000642. The van der Waals surface area contributed by atoms with E-state index in [0.717, 1.165) is 43.9 Å². The van der Waals surface area contributed by atoms with Crippen LogP contribution in [-0.2, 0) is 6.54 Å². The largest absolute Gasteiger partial charge is 0.348 e. The van der Waals surface area contributed by atoms with Crippen LogP contribution in [0, 0.1) is 6.92 Å². The molecule has 3 rings (SSSR count).